The molecule has 0 unspecified atom stereocenters. The van der Waals surface area contributed by atoms with Gasteiger partial charge in [0.05, 0.1) is 17.5 Å². The fourth-order valence-electron chi connectivity index (χ4n) is 1.63. The number of aromatic nitrogens is 1. The smallest absolute Gasteiger partial charge is 0.323 e. The van der Waals surface area contributed by atoms with Crippen LogP contribution in [-0.4, -0.2) is 11.2 Å². The maximum atomic E-state index is 12.7. The van der Waals surface area contributed by atoms with Gasteiger partial charge in [-0.25, -0.2) is 4.98 Å². The van der Waals surface area contributed by atoms with Crippen LogP contribution in [-0.2, 0) is 6.18 Å². The second-order valence-corrected chi connectivity index (χ2v) is 4.35. The Labute approximate surface area is 117 Å². The van der Waals surface area contributed by atoms with Gasteiger partial charge < -0.3 is 5.84 Å². The van der Waals surface area contributed by atoms with E-state index in [1.54, 1.807) is 24.3 Å². The Kier molecular flexibility index (Phi) is 3.94. The van der Waals surface area contributed by atoms with Crippen molar-refractivity contribution in [3.63, 3.8) is 0 Å². The number of hydrogen-bond acceptors (Lipinski definition) is 3. The highest BCUT2D eigenvalue weighted by molar-refractivity contribution is 6.29. The molecule has 0 aliphatic carbocycles. The number of alkyl halides is 3. The van der Waals surface area contributed by atoms with Gasteiger partial charge >= 0.3 is 6.18 Å². The summed E-state index contributed by atoms with van der Waals surface area (Å²) in [6, 6.07) is 8.33. The Hall–Kier alpha value is -2.08. The topological polar surface area (TPSA) is 51.3 Å². The quantitative estimate of drug-likeness (QED) is 0.398. The van der Waals surface area contributed by atoms with Gasteiger partial charge in [0.25, 0.3) is 0 Å². The highest BCUT2D eigenvalue weighted by Crippen LogP contribution is 2.33. The van der Waals surface area contributed by atoms with E-state index in [-0.39, 0.29) is 10.8 Å². The number of nitrogens with zero attached hydrogens (tertiary/aromatic N) is 2. The number of halogens is 4. The fourth-order valence-corrected chi connectivity index (χ4v) is 1.84. The number of benzene rings is 1. The summed E-state index contributed by atoms with van der Waals surface area (Å²) in [5.74, 6) is 5.01. The van der Waals surface area contributed by atoms with E-state index >= 15 is 0 Å². The monoisotopic (exact) mass is 299 g/mol. The van der Waals surface area contributed by atoms with Crippen molar-refractivity contribution in [2.24, 2.45) is 10.9 Å². The minimum Gasteiger partial charge on any atom is -0.323 e. The zero-order valence-electron chi connectivity index (χ0n) is 10.0. The van der Waals surface area contributed by atoms with Gasteiger partial charge in [-0.3, -0.25) is 0 Å². The number of nitrogens with two attached hydrogens (primary N) is 1. The third-order valence-corrected chi connectivity index (χ3v) is 2.75. The van der Waals surface area contributed by atoms with Gasteiger partial charge in [-0.15, -0.1) is 0 Å². The van der Waals surface area contributed by atoms with Gasteiger partial charge in [-0.1, -0.05) is 35.9 Å². The van der Waals surface area contributed by atoms with E-state index in [9.17, 15) is 13.2 Å². The Morgan fingerprint density at radius 2 is 1.80 bits per heavy atom. The predicted octanol–water partition coefficient (Wildman–Crippen LogP) is 3.71. The molecule has 0 radical (unpaired) electrons. The summed E-state index contributed by atoms with van der Waals surface area (Å²) in [4.78, 5) is 3.90. The largest absolute Gasteiger partial charge is 0.416 e. The second-order valence-electron chi connectivity index (χ2n) is 3.96. The van der Waals surface area contributed by atoms with E-state index < -0.39 is 11.7 Å². The third kappa shape index (κ3) is 3.27. The molecule has 2 rings (SSSR count). The fraction of sp³-hybridized carbons (Fsp3) is 0.0769. The summed E-state index contributed by atoms with van der Waals surface area (Å²) < 4.78 is 38.1. The van der Waals surface area contributed by atoms with Crippen molar-refractivity contribution in [1.82, 2.24) is 4.98 Å². The average Bonchev–Trinajstić information content (AvgIpc) is 2.38. The van der Waals surface area contributed by atoms with E-state index in [1.807, 2.05) is 0 Å². The first kappa shape index (κ1) is 14.3. The third-order valence-electron chi connectivity index (χ3n) is 2.55. The summed E-state index contributed by atoms with van der Waals surface area (Å²) in [6.45, 7) is 0. The van der Waals surface area contributed by atoms with Gasteiger partial charge in [0, 0.05) is 5.56 Å². The van der Waals surface area contributed by atoms with Crippen LogP contribution in [0.15, 0.2) is 41.5 Å². The Morgan fingerprint density at radius 3 is 2.35 bits per heavy atom. The molecule has 0 spiro atoms. The summed E-state index contributed by atoms with van der Waals surface area (Å²) in [6.07, 6.45) is -3.04. The van der Waals surface area contributed by atoms with Crippen molar-refractivity contribution in [3.8, 4) is 11.3 Å². The van der Waals surface area contributed by atoms with Crippen LogP contribution in [0.1, 0.15) is 11.1 Å². The first-order valence-corrected chi connectivity index (χ1v) is 5.86. The lowest BCUT2D eigenvalue weighted by molar-refractivity contribution is -0.137. The molecule has 3 nitrogen and oxygen atoms in total. The highest BCUT2D eigenvalue weighted by atomic mass is 35.5. The van der Waals surface area contributed by atoms with Crippen LogP contribution in [0.4, 0.5) is 13.2 Å². The predicted molar refractivity (Wildman–Crippen MR) is 71.5 cm³/mol. The van der Waals surface area contributed by atoms with E-state index in [2.05, 4.69) is 10.1 Å². The first-order valence-electron chi connectivity index (χ1n) is 5.48. The van der Waals surface area contributed by atoms with Crippen molar-refractivity contribution in [2.75, 3.05) is 0 Å². The van der Waals surface area contributed by atoms with Gasteiger partial charge in [0.1, 0.15) is 5.15 Å². The number of hydrazone groups is 1. The molecular formula is C13H9ClF3N3. The van der Waals surface area contributed by atoms with Crippen LogP contribution in [0, 0.1) is 0 Å². The maximum Gasteiger partial charge on any atom is 0.416 e. The number of rotatable bonds is 2. The molecule has 0 aliphatic heterocycles. The molecule has 1 heterocycles. The normalized spacial score (nSPS) is 12.0. The van der Waals surface area contributed by atoms with Gasteiger partial charge in [-0.2, -0.15) is 18.3 Å². The summed E-state index contributed by atoms with van der Waals surface area (Å²) in [7, 11) is 0. The van der Waals surface area contributed by atoms with Gasteiger partial charge in [0.2, 0.25) is 0 Å². The van der Waals surface area contributed by atoms with Gasteiger partial charge in [-0.05, 0) is 17.7 Å². The van der Waals surface area contributed by atoms with Crippen molar-refractivity contribution < 1.29 is 13.2 Å². The molecule has 0 aliphatic rings. The maximum absolute atomic E-state index is 12.7. The average molecular weight is 300 g/mol. The molecule has 0 amide bonds. The summed E-state index contributed by atoms with van der Waals surface area (Å²) in [5.41, 5.74) is 0.572. The Morgan fingerprint density at radius 1 is 1.15 bits per heavy atom. The number of hydrogen-bond donors (Lipinski definition) is 1. The molecule has 2 N–H and O–H groups in total. The van der Waals surface area contributed by atoms with Crippen LogP contribution in [0.3, 0.4) is 0 Å². The standard InChI is InChI=1S/C13H9ClF3N3/c14-12-6-10(13(15,16)17)5-11(20-12)9-3-1-8(2-4-9)7-19-18/h1-7H,18H2. The second kappa shape index (κ2) is 5.50. The molecular weight excluding hydrogens is 291 g/mol. The van der Waals surface area contributed by atoms with Crippen LogP contribution in [0.25, 0.3) is 11.3 Å². The Balaban J connectivity index is 2.44. The lowest BCUT2D eigenvalue weighted by atomic mass is 10.1. The van der Waals surface area contributed by atoms with E-state index in [4.69, 9.17) is 17.4 Å². The lowest BCUT2D eigenvalue weighted by Crippen LogP contribution is -2.05. The van der Waals surface area contributed by atoms with Crippen LogP contribution in [0.2, 0.25) is 5.15 Å². The molecule has 1 aromatic carbocycles. The van der Waals surface area contributed by atoms with E-state index in [0.717, 1.165) is 17.7 Å². The summed E-state index contributed by atoms with van der Waals surface area (Å²) in [5, 5.41) is 3.15. The minimum atomic E-state index is -4.46. The van der Waals surface area contributed by atoms with Crippen LogP contribution < -0.4 is 5.84 Å². The molecule has 104 valence electrons. The summed E-state index contributed by atoms with van der Waals surface area (Å²) >= 11 is 5.64. The molecule has 1 aromatic heterocycles. The molecule has 2 aromatic rings. The Bertz CT molecular complexity index is 636. The zero-order valence-corrected chi connectivity index (χ0v) is 10.8. The van der Waals surface area contributed by atoms with E-state index in [1.165, 1.54) is 6.21 Å². The van der Waals surface area contributed by atoms with E-state index in [0.29, 0.717) is 5.56 Å². The highest BCUT2D eigenvalue weighted by Gasteiger charge is 2.31. The molecule has 0 saturated heterocycles. The minimum absolute atomic E-state index is 0.154. The van der Waals surface area contributed by atoms with Crippen LogP contribution >= 0.6 is 11.6 Å². The van der Waals surface area contributed by atoms with Crippen molar-refractivity contribution in [1.29, 1.82) is 0 Å². The molecule has 0 bridgehead atoms. The van der Waals surface area contributed by atoms with Gasteiger partial charge in [0.15, 0.2) is 0 Å². The molecule has 0 atom stereocenters. The van der Waals surface area contributed by atoms with Crippen molar-refractivity contribution in [2.45, 2.75) is 6.18 Å². The van der Waals surface area contributed by atoms with Crippen molar-refractivity contribution in [3.05, 3.63) is 52.7 Å². The van der Waals surface area contributed by atoms with Crippen molar-refractivity contribution >= 4 is 17.8 Å². The molecule has 7 heteroatoms. The lowest BCUT2D eigenvalue weighted by Gasteiger charge is -2.09. The number of pyridine rings is 1. The molecule has 0 fully saturated rings. The zero-order chi connectivity index (χ0) is 14.8. The van der Waals surface area contributed by atoms with Crippen LogP contribution in [0.5, 0.6) is 0 Å². The molecule has 0 saturated carbocycles. The first-order chi connectivity index (χ1) is 9.40. The molecule has 20 heavy (non-hydrogen) atoms. The SMILES string of the molecule is NN=Cc1ccc(-c2cc(C(F)(F)F)cc(Cl)n2)cc1.